The molecular formula is C82H57N5OPtSi-2. The number of ether oxygens (including phenoxy) is 1. The maximum Gasteiger partial charge on any atom is 0.268 e. The molecule has 12 aromatic carbocycles. The minimum absolute atomic E-state index is 0. The van der Waals surface area contributed by atoms with E-state index in [1.165, 1.54) is 21.3 Å². The van der Waals surface area contributed by atoms with Crippen LogP contribution < -0.4 is 30.1 Å². The van der Waals surface area contributed by atoms with Gasteiger partial charge >= 0.3 is 0 Å². The molecule has 0 saturated heterocycles. The molecule has 0 atom stereocenters. The summed E-state index contributed by atoms with van der Waals surface area (Å²) in [6.45, 7) is 6.32. The predicted molar refractivity (Wildman–Crippen MR) is 366 cm³/mol. The zero-order chi connectivity index (χ0) is 79.4. The molecule has 6 nitrogen and oxygen atoms in total. The van der Waals surface area contributed by atoms with Gasteiger partial charge < -0.3 is 18.4 Å². The van der Waals surface area contributed by atoms with E-state index in [9.17, 15) is 27.4 Å². The summed E-state index contributed by atoms with van der Waals surface area (Å²) >= 11 is 0. The van der Waals surface area contributed by atoms with Crippen LogP contribution in [0.5, 0.6) is 11.5 Å². The first-order chi connectivity index (χ1) is 53.3. The van der Waals surface area contributed by atoms with Gasteiger partial charge in [0.25, 0.3) is 6.33 Å². The first-order valence-electron chi connectivity index (χ1n) is 40.1. The molecule has 0 saturated carbocycles. The summed E-state index contributed by atoms with van der Waals surface area (Å²) in [4.78, 5) is 4.85. The topological polar surface area (TPSA) is 40.8 Å². The van der Waals surface area contributed by atoms with Crippen molar-refractivity contribution < 1.29 is 61.9 Å². The maximum atomic E-state index is 10.4. The summed E-state index contributed by atoms with van der Waals surface area (Å²) in [6, 6.07) is 27.6. The SMILES string of the molecule is [2H]c1c([2H])c([2H])c([Si](c2cc3c4c(c2)n(-c2[c-]c(Oc5[c-]c6c(cc5)c5ccccc5n6-c5cc(C(C)(C)C)ccn5)ccc2)[c-][n+]4-c2c(cccc2-n2c4ccccc4c4ccccc42)-c2c([2H])c([2H])c([2H])c([2H])c2-c2c([2H])c([2H])c([2H])c([2H])c2-3)(c2c([2H])c([2H])c([2H])c([2H])c2[2H])c2c([2H])c([2H])c([2H])c([2H])c2[2H])c([2H])c1[2H].[Pt]. The molecule has 5 heterocycles. The first-order valence-corrected chi connectivity index (χ1v) is 30.6. The number of imidazole rings is 1. The van der Waals surface area contributed by atoms with Crippen molar-refractivity contribution in [2.24, 2.45) is 0 Å². The number of hydrogen-bond acceptors (Lipinski definition) is 2. The van der Waals surface area contributed by atoms with Gasteiger partial charge in [-0.1, -0.05) is 244 Å². The summed E-state index contributed by atoms with van der Waals surface area (Å²) in [5.41, 5.74) is 1.56. The van der Waals surface area contributed by atoms with Crippen molar-refractivity contribution >= 4 is 83.5 Å². The van der Waals surface area contributed by atoms with Crippen molar-refractivity contribution in [3.8, 4) is 67.8 Å². The molecule has 0 spiro atoms. The minimum atomic E-state index is -6.23. The number of rotatable bonds is 9. The van der Waals surface area contributed by atoms with E-state index in [1.54, 1.807) is 48.7 Å². The third-order valence-electron chi connectivity index (χ3n) is 16.6. The van der Waals surface area contributed by atoms with E-state index >= 15 is 0 Å². The van der Waals surface area contributed by atoms with E-state index in [-0.39, 0.29) is 77.1 Å². The van der Waals surface area contributed by atoms with Crippen LogP contribution in [0.3, 0.4) is 0 Å². The molecule has 432 valence electrons. The Morgan fingerprint density at radius 1 is 0.456 bits per heavy atom. The van der Waals surface area contributed by atoms with Crippen molar-refractivity contribution in [2.75, 3.05) is 0 Å². The molecule has 0 amide bonds. The Hall–Kier alpha value is -10.4. The monoisotopic (exact) mass is 1370 g/mol. The fraction of sp³-hybridized carbons (Fsp3) is 0.0488. The molecule has 4 aromatic heterocycles. The Balaban J connectivity index is 0.00000964. The van der Waals surface area contributed by atoms with Gasteiger partial charge in [0.1, 0.15) is 5.82 Å². The molecule has 0 radical (unpaired) electrons. The number of nitrogens with zero attached hydrogens (tertiary/aromatic N) is 5. The second-order valence-electron chi connectivity index (χ2n) is 22.5. The van der Waals surface area contributed by atoms with Gasteiger partial charge in [-0.25, -0.2) is 4.98 Å². The van der Waals surface area contributed by atoms with Gasteiger partial charge in [0.2, 0.25) is 0 Å². The van der Waals surface area contributed by atoms with E-state index in [0.717, 1.165) is 32.6 Å². The van der Waals surface area contributed by atoms with Gasteiger partial charge in [0.15, 0.2) is 8.07 Å². The molecule has 0 bridgehead atoms. The molecule has 0 aliphatic carbocycles. The zero-order valence-corrected chi connectivity index (χ0v) is 51.2. The van der Waals surface area contributed by atoms with Crippen LogP contribution in [0.25, 0.3) is 111 Å². The molecule has 16 aromatic rings. The van der Waals surface area contributed by atoms with E-state index in [1.807, 2.05) is 100 Å². The van der Waals surface area contributed by atoms with Crippen LogP contribution in [-0.2, 0) is 26.5 Å². The van der Waals surface area contributed by atoms with Crippen molar-refractivity contribution in [3.05, 3.63) is 315 Å². The van der Waals surface area contributed by atoms with Crippen LogP contribution in [0.1, 0.15) is 57.9 Å². The first kappa shape index (κ1) is 35.5. The normalized spacial score (nSPS) is 15.7. The minimum Gasteiger partial charge on any atom is -0.510 e. The van der Waals surface area contributed by atoms with E-state index in [0.29, 0.717) is 28.1 Å². The van der Waals surface area contributed by atoms with Gasteiger partial charge in [-0.05, 0) is 113 Å². The number of para-hydroxylation sites is 4. The van der Waals surface area contributed by atoms with Crippen LogP contribution >= 0.6 is 0 Å². The Morgan fingerprint density at radius 3 is 1.58 bits per heavy atom. The van der Waals surface area contributed by atoms with Crippen LogP contribution in [0.2, 0.25) is 0 Å². The predicted octanol–water partition coefficient (Wildman–Crippen LogP) is 16.7. The summed E-state index contributed by atoms with van der Waals surface area (Å²) in [5.74, 6) is 0.856. The third kappa shape index (κ3) is 8.63. The Kier molecular flexibility index (Phi) is 8.57. The molecule has 0 N–H and O–H groups in total. The number of fused-ring (bicyclic) bond motifs is 13. The second-order valence-corrected chi connectivity index (χ2v) is 26.1. The van der Waals surface area contributed by atoms with Crippen molar-refractivity contribution in [1.82, 2.24) is 18.7 Å². The van der Waals surface area contributed by atoms with E-state index in [2.05, 4.69) is 39.2 Å². The molecule has 1 aliphatic heterocycles. The number of pyridine rings is 1. The van der Waals surface area contributed by atoms with Crippen LogP contribution in [0.4, 0.5) is 0 Å². The van der Waals surface area contributed by atoms with Gasteiger partial charge in [0, 0.05) is 55.1 Å². The fourth-order valence-electron chi connectivity index (χ4n) is 12.8. The van der Waals surface area contributed by atoms with Crippen molar-refractivity contribution in [2.45, 2.75) is 26.2 Å². The summed E-state index contributed by atoms with van der Waals surface area (Å²) in [7, 11) is -6.23. The molecule has 90 heavy (non-hydrogen) atoms. The smallest absolute Gasteiger partial charge is 0.268 e. The van der Waals surface area contributed by atoms with Gasteiger partial charge in [-0.15, -0.1) is 29.7 Å². The Labute approximate surface area is 570 Å². The largest absolute Gasteiger partial charge is 0.510 e. The number of hydrogen-bond donors (Lipinski definition) is 0. The Morgan fingerprint density at radius 2 is 0.978 bits per heavy atom. The molecule has 8 heteroatoms. The van der Waals surface area contributed by atoms with E-state index < -0.39 is 184 Å². The maximum absolute atomic E-state index is 10.4. The van der Waals surface area contributed by atoms with Crippen LogP contribution in [-0.4, -0.2) is 26.8 Å². The fourth-order valence-corrected chi connectivity index (χ4v) is 16.6. The number of benzene rings is 12. The van der Waals surface area contributed by atoms with Crippen LogP contribution in [0, 0.1) is 18.5 Å². The van der Waals surface area contributed by atoms with Crippen LogP contribution in [0.15, 0.2) is 291 Å². The average molecular weight is 1370 g/mol. The molecule has 0 fully saturated rings. The van der Waals surface area contributed by atoms with Gasteiger partial charge in [0.05, 0.1) is 65.0 Å². The standard InChI is InChI=1S/C82H57N5OSi.Pt/c1-82(2,3)55-47-48-83-79(49-55)87-75-43-22-19-39-69(75)70-46-45-58(51-77(70)87)88-57-26-23-25-56(50-57)84-54-85-80-71(40-24-44-76(80)86-73-41-20-17-37-67(73)68-38-18-21-42-74(68)86)65-35-15-13-33-63(65)64-34-14-16-36-66(64)72-52-62(53-78(84)81(72)85)89(59-27-7-4-8-28-59,60-29-9-5-10-30-60)61-31-11-6-12-32-61;/h4-49,52-53H,1-3H3;/q-2;/i4D,5D,6D,7D,8D,9D,10D,11D,12D,13D,14D,15D,16D,27D,28D,29D,30D,31D,32D,33D,34D,35D,36D;. The summed E-state index contributed by atoms with van der Waals surface area (Å²) in [5, 5.41) is 0.180. The molecule has 17 rings (SSSR count). The van der Waals surface area contributed by atoms with E-state index in [4.69, 9.17) is 13.8 Å². The average Bonchev–Trinajstić information content (AvgIpc) is 1.60. The molecule has 0 unspecified atom stereocenters. The summed E-state index contributed by atoms with van der Waals surface area (Å²) < 4.78 is 238. The van der Waals surface area contributed by atoms with Crippen molar-refractivity contribution in [1.29, 1.82) is 0 Å². The zero-order valence-electron chi connectivity index (χ0n) is 70.9. The number of aromatic nitrogens is 5. The Bertz CT molecular complexity index is 6620. The van der Waals surface area contributed by atoms with Gasteiger partial charge in [-0.3, -0.25) is 4.57 Å². The van der Waals surface area contributed by atoms with Gasteiger partial charge in [-0.2, -0.15) is 18.2 Å². The summed E-state index contributed by atoms with van der Waals surface area (Å²) in [6.07, 6.45) is 5.32. The van der Waals surface area contributed by atoms with Crippen molar-refractivity contribution in [3.63, 3.8) is 0 Å². The molecular weight excluding hydrogens is 1290 g/mol. The quantitative estimate of drug-likeness (QED) is 0.0625. The second kappa shape index (κ2) is 21.7. The third-order valence-corrected chi connectivity index (χ3v) is 20.8. The molecule has 1 aliphatic rings.